The summed E-state index contributed by atoms with van der Waals surface area (Å²) in [7, 11) is 0. The second-order valence-electron chi connectivity index (χ2n) is 8.04. The van der Waals surface area contributed by atoms with Gasteiger partial charge in [-0.1, -0.05) is 54.9 Å². The molecule has 174 valence electrons. The monoisotopic (exact) mass is 467 g/mol. The van der Waals surface area contributed by atoms with E-state index in [0.717, 1.165) is 31.5 Å². The second kappa shape index (κ2) is 11.7. The summed E-state index contributed by atoms with van der Waals surface area (Å²) in [5.74, 6) is 1.44. The third-order valence-corrected chi connectivity index (χ3v) is 6.56. The maximum atomic E-state index is 12.4. The Morgan fingerprint density at radius 3 is 2.52 bits per heavy atom. The van der Waals surface area contributed by atoms with Crippen LogP contribution in [0.5, 0.6) is 0 Å². The van der Waals surface area contributed by atoms with Crippen LogP contribution in [0.2, 0.25) is 0 Å². The molecule has 1 aliphatic heterocycles. The fraction of sp³-hybridized carbons (Fsp3) is 0.417. The van der Waals surface area contributed by atoms with Gasteiger partial charge < -0.3 is 14.6 Å². The highest BCUT2D eigenvalue weighted by Gasteiger charge is 2.18. The van der Waals surface area contributed by atoms with Crippen molar-refractivity contribution in [3.8, 4) is 11.6 Å². The maximum absolute atomic E-state index is 12.4. The van der Waals surface area contributed by atoms with E-state index in [2.05, 4.69) is 15.5 Å². The minimum Gasteiger partial charge on any atom is -0.461 e. The molecule has 9 heteroatoms. The molecule has 3 heterocycles. The summed E-state index contributed by atoms with van der Waals surface area (Å²) in [6.45, 7) is 2.58. The maximum Gasteiger partial charge on any atom is 0.230 e. The Kier molecular flexibility index (Phi) is 8.19. The van der Waals surface area contributed by atoms with E-state index in [9.17, 15) is 9.59 Å². The van der Waals surface area contributed by atoms with Gasteiger partial charge in [0, 0.05) is 26.1 Å². The first-order valence-electron chi connectivity index (χ1n) is 11.4. The van der Waals surface area contributed by atoms with E-state index in [-0.39, 0.29) is 17.6 Å². The zero-order valence-corrected chi connectivity index (χ0v) is 19.4. The lowest BCUT2D eigenvalue weighted by molar-refractivity contribution is -0.131. The van der Waals surface area contributed by atoms with Crippen LogP contribution in [0.3, 0.4) is 0 Å². The lowest BCUT2D eigenvalue weighted by atomic mass is 10.2. The Bertz CT molecular complexity index is 1030. The topological polar surface area (TPSA) is 93.3 Å². The molecular formula is C24H29N5O3S. The van der Waals surface area contributed by atoms with Crippen molar-refractivity contribution in [2.45, 2.75) is 43.8 Å². The van der Waals surface area contributed by atoms with E-state index in [0.29, 0.717) is 36.3 Å². The smallest absolute Gasteiger partial charge is 0.230 e. The van der Waals surface area contributed by atoms with Gasteiger partial charge in [0.25, 0.3) is 0 Å². The van der Waals surface area contributed by atoms with Gasteiger partial charge in [0.1, 0.15) is 0 Å². The number of amides is 2. The molecule has 1 saturated heterocycles. The molecular weight excluding hydrogens is 438 g/mol. The normalized spacial score (nSPS) is 14.1. The summed E-state index contributed by atoms with van der Waals surface area (Å²) >= 11 is 1.32. The van der Waals surface area contributed by atoms with E-state index in [4.69, 9.17) is 4.42 Å². The number of carbonyl (C=O) groups excluding carboxylic acids is 2. The largest absolute Gasteiger partial charge is 0.461 e. The van der Waals surface area contributed by atoms with Crippen LogP contribution in [0.1, 0.15) is 37.7 Å². The van der Waals surface area contributed by atoms with Crippen LogP contribution in [0.25, 0.3) is 11.6 Å². The molecule has 1 N–H and O–H groups in total. The highest BCUT2D eigenvalue weighted by atomic mass is 32.2. The van der Waals surface area contributed by atoms with Gasteiger partial charge >= 0.3 is 0 Å². The van der Waals surface area contributed by atoms with Crippen molar-refractivity contribution >= 4 is 23.6 Å². The molecule has 3 aromatic rings. The standard InChI is InChI=1S/C24H29N5O3S/c30-21(25-13-12-22(31)28-14-6-1-2-7-15-28)18-33-24-27-26-23(20-11-8-16-32-20)29(24)17-19-9-4-3-5-10-19/h3-5,8-11,16H,1-2,6-7,12-15,17-18H2,(H,25,30). The molecule has 33 heavy (non-hydrogen) atoms. The van der Waals surface area contributed by atoms with Crippen LogP contribution in [0.15, 0.2) is 58.3 Å². The van der Waals surface area contributed by atoms with E-state index in [1.165, 1.54) is 24.6 Å². The van der Waals surface area contributed by atoms with Gasteiger partial charge in [-0.25, -0.2) is 0 Å². The van der Waals surface area contributed by atoms with Gasteiger partial charge in [-0.2, -0.15) is 0 Å². The van der Waals surface area contributed by atoms with Crippen LogP contribution < -0.4 is 5.32 Å². The van der Waals surface area contributed by atoms with E-state index in [1.807, 2.05) is 51.9 Å². The molecule has 0 bridgehead atoms. The molecule has 8 nitrogen and oxygen atoms in total. The molecule has 0 radical (unpaired) electrons. The summed E-state index contributed by atoms with van der Waals surface area (Å²) in [4.78, 5) is 26.7. The molecule has 1 aliphatic rings. The lowest BCUT2D eigenvalue weighted by Crippen LogP contribution is -2.35. The number of furan rings is 1. The summed E-state index contributed by atoms with van der Waals surface area (Å²) in [6, 6.07) is 13.7. The number of rotatable bonds is 9. The summed E-state index contributed by atoms with van der Waals surface area (Å²) in [6.07, 6.45) is 6.45. The Morgan fingerprint density at radius 2 is 1.79 bits per heavy atom. The van der Waals surface area contributed by atoms with E-state index in [1.54, 1.807) is 6.26 Å². The number of hydrogen-bond donors (Lipinski definition) is 1. The molecule has 0 saturated carbocycles. The molecule has 0 aliphatic carbocycles. The van der Waals surface area contributed by atoms with Gasteiger partial charge in [0.2, 0.25) is 17.6 Å². The number of carbonyl (C=O) groups is 2. The quantitative estimate of drug-likeness (QED) is 0.484. The van der Waals surface area contributed by atoms with Crippen LogP contribution >= 0.6 is 11.8 Å². The number of thioether (sulfide) groups is 1. The Morgan fingerprint density at radius 1 is 1.00 bits per heavy atom. The predicted octanol–water partition coefficient (Wildman–Crippen LogP) is 3.59. The average molecular weight is 468 g/mol. The third-order valence-electron chi connectivity index (χ3n) is 5.59. The predicted molar refractivity (Wildman–Crippen MR) is 127 cm³/mol. The molecule has 2 amide bonds. The highest BCUT2D eigenvalue weighted by molar-refractivity contribution is 7.99. The molecule has 0 atom stereocenters. The van der Waals surface area contributed by atoms with Crippen molar-refractivity contribution in [3.05, 3.63) is 54.3 Å². The number of likely N-dealkylation sites (tertiary alicyclic amines) is 1. The molecule has 4 rings (SSSR count). The van der Waals surface area contributed by atoms with Gasteiger partial charge in [-0.3, -0.25) is 14.2 Å². The van der Waals surface area contributed by atoms with Crippen LogP contribution in [-0.2, 0) is 16.1 Å². The first kappa shape index (κ1) is 23.1. The zero-order chi connectivity index (χ0) is 22.9. The number of nitrogens with zero attached hydrogens (tertiary/aromatic N) is 4. The number of hydrogen-bond acceptors (Lipinski definition) is 6. The summed E-state index contributed by atoms with van der Waals surface area (Å²) in [5.41, 5.74) is 1.10. The van der Waals surface area contributed by atoms with Crippen molar-refractivity contribution in [3.63, 3.8) is 0 Å². The summed E-state index contributed by atoms with van der Waals surface area (Å²) in [5, 5.41) is 12.1. The fourth-order valence-corrected chi connectivity index (χ4v) is 4.63. The Hall–Kier alpha value is -3.07. The first-order valence-corrected chi connectivity index (χ1v) is 12.4. The number of aromatic nitrogens is 3. The minimum absolute atomic E-state index is 0.121. The van der Waals surface area contributed by atoms with Crippen LogP contribution in [0, 0.1) is 0 Å². The van der Waals surface area contributed by atoms with Crippen molar-refractivity contribution < 1.29 is 14.0 Å². The minimum atomic E-state index is -0.127. The van der Waals surface area contributed by atoms with Crippen LogP contribution in [-0.4, -0.2) is 56.9 Å². The molecule has 1 aromatic carbocycles. The first-order chi connectivity index (χ1) is 16.2. The zero-order valence-electron chi connectivity index (χ0n) is 18.6. The average Bonchev–Trinajstić information content (AvgIpc) is 3.41. The highest BCUT2D eigenvalue weighted by Crippen LogP contribution is 2.25. The number of benzene rings is 1. The Balaban J connectivity index is 1.32. The van der Waals surface area contributed by atoms with Gasteiger partial charge in [0.05, 0.1) is 18.6 Å². The molecule has 2 aromatic heterocycles. The second-order valence-corrected chi connectivity index (χ2v) is 8.98. The van der Waals surface area contributed by atoms with Gasteiger partial charge in [0.15, 0.2) is 10.9 Å². The summed E-state index contributed by atoms with van der Waals surface area (Å²) < 4.78 is 7.48. The van der Waals surface area contributed by atoms with Gasteiger partial charge in [-0.15, -0.1) is 10.2 Å². The molecule has 1 fully saturated rings. The van der Waals surface area contributed by atoms with Crippen molar-refractivity contribution in [2.24, 2.45) is 0 Å². The third kappa shape index (κ3) is 6.47. The fourth-order valence-electron chi connectivity index (χ4n) is 3.86. The lowest BCUT2D eigenvalue weighted by Gasteiger charge is -2.20. The Labute approximate surface area is 197 Å². The van der Waals surface area contributed by atoms with E-state index < -0.39 is 0 Å². The van der Waals surface area contributed by atoms with Crippen molar-refractivity contribution in [1.29, 1.82) is 0 Å². The van der Waals surface area contributed by atoms with Crippen molar-refractivity contribution in [1.82, 2.24) is 25.0 Å². The van der Waals surface area contributed by atoms with Crippen LogP contribution in [0.4, 0.5) is 0 Å². The SMILES string of the molecule is O=C(CSc1nnc(-c2ccco2)n1Cc1ccccc1)NCCC(=O)N1CCCCCC1. The van der Waals surface area contributed by atoms with Crippen molar-refractivity contribution in [2.75, 3.05) is 25.4 Å². The van der Waals surface area contributed by atoms with Gasteiger partial charge in [-0.05, 0) is 30.5 Å². The molecule has 0 unspecified atom stereocenters. The van der Waals surface area contributed by atoms with E-state index >= 15 is 0 Å². The number of nitrogens with one attached hydrogen (secondary N) is 1. The molecule has 0 spiro atoms.